The van der Waals surface area contributed by atoms with E-state index in [1.54, 1.807) is 30.5 Å². The third-order valence-electron chi connectivity index (χ3n) is 6.34. The number of piperidine rings is 1. The fourth-order valence-electron chi connectivity index (χ4n) is 4.15. The number of aromatic nitrogens is 1. The van der Waals surface area contributed by atoms with Crippen molar-refractivity contribution in [3.8, 4) is 5.75 Å². The zero-order valence-electron chi connectivity index (χ0n) is 20.8. The molecule has 2 atom stereocenters. The van der Waals surface area contributed by atoms with Crippen LogP contribution >= 0.6 is 0 Å². The van der Waals surface area contributed by atoms with Crippen LogP contribution in [0.4, 0.5) is 5.82 Å². The number of nitrogens with zero attached hydrogens (tertiary/aromatic N) is 2. The third-order valence-corrected chi connectivity index (χ3v) is 8.11. The molecular formula is C26H39N3O3S. The fraction of sp³-hybridized carbons (Fsp3) is 0.577. The van der Waals surface area contributed by atoms with Crippen LogP contribution in [0.1, 0.15) is 58.1 Å². The van der Waals surface area contributed by atoms with E-state index in [1.807, 2.05) is 26.8 Å². The maximum absolute atomic E-state index is 13.6. The predicted molar refractivity (Wildman–Crippen MR) is 135 cm³/mol. The topological polar surface area (TPSA) is 71.5 Å². The first-order valence-corrected chi connectivity index (χ1v) is 13.5. The third kappa shape index (κ3) is 6.27. The van der Waals surface area contributed by atoms with Gasteiger partial charge in [0, 0.05) is 12.7 Å². The number of anilines is 1. The van der Waals surface area contributed by atoms with Crippen molar-refractivity contribution in [3.63, 3.8) is 0 Å². The average Bonchev–Trinajstić information content (AvgIpc) is 2.77. The minimum atomic E-state index is -3.76. The minimum absolute atomic E-state index is 0.153. The molecule has 3 rings (SSSR count). The first kappa shape index (κ1) is 25.5. The minimum Gasteiger partial charge on any atom is -0.493 e. The average molecular weight is 474 g/mol. The Labute approximate surface area is 199 Å². The lowest BCUT2D eigenvalue weighted by Crippen LogP contribution is -2.37. The number of rotatable bonds is 9. The van der Waals surface area contributed by atoms with E-state index in [-0.39, 0.29) is 10.8 Å². The monoisotopic (exact) mass is 473 g/mol. The van der Waals surface area contributed by atoms with Gasteiger partial charge in [-0.2, -0.15) is 0 Å². The quantitative estimate of drug-likeness (QED) is 0.556. The Hall–Kier alpha value is -2.12. The van der Waals surface area contributed by atoms with Crippen molar-refractivity contribution in [2.45, 2.75) is 58.8 Å². The van der Waals surface area contributed by atoms with Crippen LogP contribution in [0.25, 0.3) is 0 Å². The molecule has 2 heterocycles. The van der Waals surface area contributed by atoms with Crippen LogP contribution in [0.15, 0.2) is 41.4 Å². The first-order valence-electron chi connectivity index (χ1n) is 12.0. The zero-order chi connectivity index (χ0) is 24.2. The van der Waals surface area contributed by atoms with E-state index >= 15 is 0 Å². The van der Waals surface area contributed by atoms with Gasteiger partial charge in [0.15, 0.2) is 0 Å². The molecule has 1 aromatic carbocycles. The van der Waals surface area contributed by atoms with Crippen molar-refractivity contribution in [2.24, 2.45) is 17.8 Å². The molecule has 0 amide bonds. The highest BCUT2D eigenvalue weighted by Gasteiger charge is 2.28. The molecule has 1 fully saturated rings. The second-order valence-corrected chi connectivity index (χ2v) is 11.9. The molecule has 6 nitrogen and oxygen atoms in total. The molecular weight excluding hydrogens is 434 g/mol. The number of pyridine rings is 1. The smallest absolute Gasteiger partial charge is 0.265 e. The van der Waals surface area contributed by atoms with Gasteiger partial charge in [-0.05, 0) is 85.5 Å². The van der Waals surface area contributed by atoms with Crippen LogP contribution in [0.3, 0.4) is 0 Å². The van der Waals surface area contributed by atoms with Gasteiger partial charge >= 0.3 is 0 Å². The molecule has 1 saturated heterocycles. The van der Waals surface area contributed by atoms with E-state index in [1.165, 1.54) is 4.31 Å². The van der Waals surface area contributed by atoms with Gasteiger partial charge in [-0.15, -0.1) is 0 Å². The SMILES string of the molecule is Cc1cc(C(C)C)cnc1N(CC(C)C)S(=O)(=O)c1ccc(OCC2CCNCC2C)cc1. The van der Waals surface area contributed by atoms with Gasteiger partial charge in [-0.1, -0.05) is 40.7 Å². The number of sulfonamides is 1. The largest absolute Gasteiger partial charge is 0.493 e. The molecule has 0 aliphatic carbocycles. The summed E-state index contributed by atoms with van der Waals surface area (Å²) < 4.78 is 34.7. The number of benzene rings is 1. The van der Waals surface area contributed by atoms with E-state index in [4.69, 9.17) is 4.74 Å². The van der Waals surface area contributed by atoms with Crippen LogP contribution in [-0.4, -0.2) is 39.6 Å². The fourth-order valence-corrected chi connectivity index (χ4v) is 5.80. The molecule has 182 valence electrons. The van der Waals surface area contributed by atoms with E-state index in [9.17, 15) is 8.42 Å². The predicted octanol–water partition coefficient (Wildman–Crippen LogP) is 4.99. The number of hydrogen-bond donors (Lipinski definition) is 1. The number of ether oxygens (including phenoxy) is 1. The molecule has 0 bridgehead atoms. The lowest BCUT2D eigenvalue weighted by Gasteiger charge is -2.29. The summed E-state index contributed by atoms with van der Waals surface area (Å²) in [6, 6.07) is 8.83. The van der Waals surface area contributed by atoms with Crippen molar-refractivity contribution >= 4 is 15.8 Å². The van der Waals surface area contributed by atoms with Crippen molar-refractivity contribution < 1.29 is 13.2 Å². The van der Waals surface area contributed by atoms with Crippen LogP contribution in [0, 0.1) is 24.7 Å². The Morgan fingerprint density at radius 1 is 1.18 bits per heavy atom. The van der Waals surface area contributed by atoms with Crippen LogP contribution < -0.4 is 14.4 Å². The maximum atomic E-state index is 13.6. The van der Waals surface area contributed by atoms with E-state index in [0.29, 0.717) is 42.5 Å². The number of nitrogens with one attached hydrogen (secondary N) is 1. The molecule has 0 spiro atoms. The Balaban J connectivity index is 1.81. The van der Waals surface area contributed by atoms with Gasteiger partial charge in [-0.3, -0.25) is 0 Å². The Morgan fingerprint density at radius 3 is 2.45 bits per heavy atom. The maximum Gasteiger partial charge on any atom is 0.265 e. The Kier molecular flexibility index (Phi) is 8.40. The van der Waals surface area contributed by atoms with E-state index in [2.05, 4.69) is 31.1 Å². The van der Waals surface area contributed by atoms with Gasteiger partial charge in [0.25, 0.3) is 10.0 Å². The Morgan fingerprint density at radius 2 is 1.88 bits per heavy atom. The lowest BCUT2D eigenvalue weighted by molar-refractivity contribution is 0.169. The molecule has 0 radical (unpaired) electrons. The molecule has 0 saturated carbocycles. The molecule has 2 aromatic rings. The highest BCUT2D eigenvalue weighted by Crippen LogP contribution is 2.29. The summed E-state index contributed by atoms with van der Waals surface area (Å²) in [6.45, 7) is 15.5. The summed E-state index contributed by atoms with van der Waals surface area (Å²) in [5.41, 5.74) is 1.96. The standard InChI is InChI=1S/C26H39N3O3S/c1-18(2)16-29(26-20(5)13-23(15-28-26)19(3)4)33(30,31)25-9-7-24(8-10-25)32-17-22-11-12-27-14-21(22)6/h7-10,13,15,18-19,21-22,27H,11-12,14,16-17H2,1-6H3. The highest BCUT2D eigenvalue weighted by molar-refractivity contribution is 7.92. The first-order chi connectivity index (χ1) is 15.6. The zero-order valence-corrected chi connectivity index (χ0v) is 21.7. The molecule has 1 aliphatic rings. The lowest BCUT2D eigenvalue weighted by atomic mass is 9.89. The van der Waals surface area contributed by atoms with E-state index < -0.39 is 10.0 Å². The second kappa shape index (κ2) is 10.9. The van der Waals surface area contributed by atoms with Gasteiger partial charge in [-0.25, -0.2) is 17.7 Å². The summed E-state index contributed by atoms with van der Waals surface area (Å²) >= 11 is 0. The molecule has 7 heteroatoms. The molecule has 2 unspecified atom stereocenters. The van der Waals surface area contributed by atoms with Crippen LogP contribution in [-0.2, 0) is 10.0 Å². The van der Waals surface area contributed by atoms with Gasteiger partial charge < -0.3 is 10.1 Å². The van der Waals surface area contributed by atoms with Crippen molar-refractivity contribution in [1.82, 2.24) is 10.3 Å². The molecule has 1 aliphatic heterocycles. The summed E-state index contributed by atoms with van der Waals surface area (Å²) in [5.74, 6) is 2.76. The van der Waals surface area contributed by atoms with Gasteiger partial charge in [0.2, 0.25) is 0 Å². The van der Waals surface area contributed by atoms with Crippen molar-refractivity contribution in [1.29, 1.82) is 0 Å². The summed E-state index contributed by atoms with van der Waals surface area (Å²) in [5, 5.41) is 3.40. The van der Waals surface area contributed by atoms with E-state index in [0.717, 1.165) is 30.6 Å². The summed E-state index contributed by atoms with van der Waals surface area (Å²) in [6.07, 6.45) is 2.88. The van der Waals surface area contributed by atoms with Crippen molar-refractivity contribution in [2.75, 3.05) is 30.5 Å². The van der Waals surface area contributed by atoms with Crippen LogP contribution in [0.5, 0.6) is 5.75 Å². The normalized spacial score (nSPS) is 19.2. The number of hydrogen-bond acceptors (Lipinski definition) is 5. The number of aryl methyl sites for hydroxylation is 1. The van der Waals surface area contributed by atoms with Crippen LogP contribution in [0.2, 0.25) is 0 Å². The van der Waals surface area contributed by atoms with Gasteiger partial charge in [0.05, 0.1) is 11.5 Å². The molecule has 33 heavy (non-hydrogen) atoms. The second-order valence-electron chi connectivity index (χ2n) is 10.0. The summed E-state index contributed by atoms with van der Waals surface area (Å²) in [4.78, 5) is 4.82. The highest BCUT2D eigenvalue weighted by atomic mass is 32.2. The van der Waals surface area contributed by atoms with Gasteiger partial charge in [0.1, 0.15) is 11.6 Å². The molecule has 1 aromatic heterocycles. The van der Waals surface area contributed by atoms with Crippen molar-refractivity contribution in [3.05, 3.63) is 47.7 Å². The molecule has 1 N–H and O–H groups in total. The Bertz CT molecular complexity index is 1020. The summed E-state index contributed by atoms with van der Waals surface area (Å²) in [7, 11) is -3.76.